The van der Waals surface area contributed by atoms with Gasteiger partial charge in [0, 0.05) is 47.7 Å². The monoisotopic (exact) mass is 591 g/mol. The van der Waals surface area contributed by atoms with Gasteiger partial charge in [-0.1, -0.05) is 56.6 Å². The van der Waals surface area contributed by atoms with Crippen LogP contribution in [-0.2, 0) is 22.6 Å². The molecule has 0 saturated heterocycles. The number of aryl methyl sites for hydroxylation is 1. The van der Waals surface area contributed by atoms with Crippen LogP contribution in [0.5, 0.6) is 5.75 Å². The molecule has 220 valence electrons. The van der Waals surface area contributed by atoms with Crippen molar-refractivity contribution in [3.8, 4) is 17.0 Å². The predicted molar refractivity (Wildman–Crippen MR) is 157 cm³/mol. The first-order valence-electron chi connectivity index (χ1n) is 13.9. The number of benzene rings is 2. The van der Waals surface area contributed by atoms with Crippen LogP contribution in [0, 0.1) is 17.4 Å². The first-order chi connectivity index (χ1) is 19.9. The molecule has 1 fully saturated rings. The molecule has 0 atom stereocenters. The average Bonchev–Trinajstić information content (AvgIpc) is 3.53. The summed E-state index contributed by atoms with van der Waals surface area (Å²) in [5, 5.41) is 17.5. The molecule has 3 aromatic rings. The molecule has 42 heavy (non-hydrogen) atoms. The highest BCUT2D eigenvalue weighted by Crippen LogP contribution is 2.59. The van der Waals surface area contributed by atoms with Crippen molar-refractivity contribution in [2.24, 2.45) is 10.8 Å². The number of hydrogen-bond donors (Lipinski definition) is 1. The molecular formula is C31H34ClN5O5. The van der Waals surface area contributed by atoms with E-state index in [1.165, 1.54) is 0 Å². The van der Waals surface area contributed by atoms with E-state index in [9.17, 15) is 9.59 Å². The van der Waals surface area contributed by atoms with Crippen LogP contribution < -0.4 is 4.74 Å². The summed E-state index contributed by atoms with van der Waals surface area (Å²) in [4.78, 5) is 29.5. The number of hydrogen-bond acceptors (Lipinski definition) is 6. The minimum atomic E-state index is -0.973. The van der Waals surface area contributed by atoms with E-state index in [1.807, 2.05) is 29.3 Å². The fraction of sp³-hybridized carbons (Fsp3) is 0.452. The third-order valence-electron chi connectivity index (χ3n) is 8.29. The highest BCUT2D eigenvalue weighted by atomic mass is 35.5. The molecule has 0 spiro atoms. The van der Waals surface area contributed by atoms with E-state index in [0.717, 1.165) is 29.7 Å². The Kier molecular flexibility index (Phi) is 8.01. The number of rotatable bonds is 11. The fourth-order valence-corrected chi connectivity index (χ4v) is 7.10. The molecule has 1 aliphatic heterocycles. The third-order valence-corrected chi connectivity index (χ3v) is 8.59. The SMILES string of the molecule is [C-]#[N+]c1ccc(OC2C(C)(C)C(N3Cc4cc(-c5cn(CCCCOCC(=O)O)nn5)ccc4C3=O)C2(C)C)cc1Cl. The lowest BCUT2D eigenvalue weighted by Crippen LogP contribution is -2.74. The van der Waals surface area contributed by atoms with Crippen LogP contribution in [0.2, 0.25) is 5.02 Å². The summed E-state index contributed by atoms with van der Waals surface area (Å²) < 4.78 is 13.3. The van der Waals surface area contributed by atoms with Crippen LogP contribution in [0.1, 0.15) is 56.5 Å². The summed E-state index contributed by atoms with van der Waals surface area (Å²) in [6, 6.07) is 10.9. The number of ether oxygens (including phenoxy) is 2. The van der Waals surface area contributed by atoms with Gasteiger partial charge in [0.25, 0.3) is 5.91 Å². The quantitative estimate of drug-likeness (QED) is 0.219. The van der Waals surface area contributed by atoms with E-state index >= 15 is 0 Å². The molecule has 1 aromatic heterocycles. The molecule has 2 aliphatic rings. The zero-order valence-electron chi connectivity index (χ0n) is 24.1. The number of amides is 1. The highest BCUT2D eigenvalue weighted by molar-refractivity contribution is 6.33. The second-order valence-corrected chi connectivity index (χ2v) is 12.5. The number of nitrogens with zero attached hydrogens (tertiary/aromatic N) is 5. The molecule has 1 N–H and O–H groups in total. The fourth-order valence-electron chi connectivity index (χ4n) is 6.89. The molecule has 10 nitrogen and oxygen atoms in total. The Hall–Kier alpha value is -3.94. The summed E-state index contributed by atoms with van der Waals surface area (Å²) in [5.74, 6) is -0.351. The molecular weight excluding hydrogens is 558 g/mol. The number of fused-ring (bicyclic) bond motifs is 1. The second-order valence-electron chi connectivity index (χ2n) is 12.1. The van der Waals surface area contributed by atoms with Crippen LogP contribution in [0.4, 0.5) is 5.69 Å². The van der Waals surface area contributed by atoms with Crippen molar-refractivity contribution >= 4 is 29.2 Å². The maximum absolute atomic E-state index is 13.6. The maximum Gasteiger partial charge on any atom is 0.329 e. The van der Waals surface area contributed by atoms with Gasteiger partial charge in [-0.15, -0.1) is 5.10 Å². The lowest BCUT2D eigenvalue weighted by atomic mass is 9.49. The van der Waals surface area contributed by atoms with E-state index < -0.39 is 5.97 Å². The number of aromatic nitrogens is 3. The minimum Gasteiger partial charge on any atom is -0.489 e. The van der Waals surface area contributed by atoms with Crippen LogP contribution in [0.15, 0.2) is 42.6 Å². The number of unbranched alkanes of at least 4 members (excludes halogenated alkanes) is 1. The zero-order valence-corrected chi connectivity index (χ0v) is 24.9. The van der Waals surface area contributed by atoms with Crippen molar-refractivity contribution in [2.75, 3.05) is 13.2 Å². The van der Waals surface area contributed by atoms with Crippen molar-refractivity contribution in [1.82, 2.24) is 19.9 Å². The maximum atomic E-state index is 13.6. The Labute approximate surface area is 250 Å². The Bertz CT molecular complexity index is 1540. The van der Waals surface area contributed by atoms with Gasteiger partial charge in [-0.3, -0.25) is 9.48 Å². The minimum absolute atomic E-state index is 0.0133. The van der Waals surface area contributed by atoms with Crippen LogP contribution in [0.3, 0.4) is 0 Å². The van der Waals surface area contributed by atoms with Crippen molar-refractivity contribution in [1.29, 1.82) is 0 Å². The number of carboxylic acid groups (broad SMARTS) is 1. The molecule has 1 aliphatic carbocycles. The van der Waals surface area contributed by atoms with Gasteiger partial charge in [0.05, 0.1) is 17.8 Å². The number of aliphatic carboxylic acids is 1. The summed E-state index contributed by atoms with van der Waals surface area (Å²) in [6.45, 7) is 17.0. The van der Waals surface area contributed by atoms with E-state index in [2.05, 4.69) is 42.9 Å². The topological polar surface area (TPSA) is 111 Å². The number of carbonyl (C=O) groups excluding carboxylic acids is 1. The molecule has 5 rings (SSSR count). The van der Waals surface area contributed by atoms with Crippen LogP contribution in [0.25, 0.3) is 16.1 Å². The summed E-state index contributed by atoms with van der Waals surface area (Å²) in [7, 11) is 0. The smallest absolute Gasteiger partial charge is 0.329 e. The standard InChI is InChI=1S/C31H34ClN5O5/c1-30(2)28(31(3,4)29(30)42-21-9-11-24(33-5)23(32)15-21)37-16-20-14-19(8-10-22(20)27(37)40)25-17-36(35-34-25)12-6-7-13-41-18-26(38)39/h8-11,14-15,17,28-29H,6-7,12-13,16,18H2,1-4H3,(H,38,39). The number of halogens is 1. The molecule has 2 aromatic carbocycles. The molecule has 1 saturated carbocycles. The summed E-state index contributed by atoms with van der Waals surface area (Å²) in [6.07, 6.45) is 3.22. The van der Waals surface area contributed by atoms with E-state index in [0.29, 0.717) is 41.7 Å². The van der Waals surface area contributed by atoms with Crippen LogP contribution >= 0.6 is 11.6 Å². The van der Waals surface area contributed by atoms with Crippen molar-refractivity contribution in [2.45, 2.75) is 65.8 Å². The third kappa shape index (κ3) is 5.46. The van der Waals surface area contributed by atoms with Gasteiger partial charge in [0.1, 0.15) is 24.2 Å². The molecule has 0 unspecified atom stereocenters. The van der Waals surface area contributed by atoms with E-state index in [-0.39, 0.29) is 35.5 Å². The Balaban J connectivity index is 1.25. The normalized spacial score (nSPS) is 20.1. The zero-order chi connectivity index (χ0) is 30.2. The van der Waals surface area contributed by atoms with Gasteiger partial charge >= 0.3 is 5.97 Å². The van der Waals surface area contributed by atoms with Crippen molar-refractivity contribution in [3.05, 3.63) is 70.2 Å². The van der Waals surface area contributed by atoms with Crippen molar-refractivity contribution < 1.29 is 24.2 Å². The Morgan fingerprint density at radius 3 is 2.62 bits per heavy atom. The molecule has 1 amide bonds. The van der Waals surface area contributed by atoms with Crippen molar-refractivity contribution in [3.63, 3.8) is 0 Å². The predicted octanol–water partition coefficient (Wildman–Crippen LogP) is 5.87. The lowest BCUT2D eigenvalue weighted by Gasteiger charge is -2.65. The lowest BCUT2D eigenvalue weighted by molar-refractivity contribution is -0.199. The first-order valence-corrected chi connectivity index (χ1v) is 14.3. The molecule has 2 heterocycles. The van der Waals surface area contributed by atoms with E-state index in [1.54, 1.807) is 22.9 Å². The van der Waals surface area contributed by atoms with Gasteiger partial charge in [-0.25, -0.2) is 9.64 Å². The Morgan fingerprint density at radius 1 is 1.17 bits per heavy atom. The second kappa shape index (κ2) is 11.4. The largest absolute Gasteiger partial charge is 0.489 e. The number of carboxylic acids is 1. The van der Waals surface area contributed by atoms with Gasteiger partial charge in [0.15, 0.2) is 0 Å². The van der Waals surface area contributed by atoms with Gasteiger partial charge < -0.3 is 19.5 Å². The molecule has 0 radical (unpaired) electrons. The van der Waals surface area contributed by atoms with Gasteiger partial charge in [0.2, 0.25) is 5.69 Å². The molecule has 11 heteroatoms. The van der Waals surface area contributed by atoms with Crippen LogP contribution in [-0.4, -0.2) is 62.2 Å². The van der Waals surface area contributed by atoms with Gasteiger partial charge in [-0.2, -0.15) is 0 Å². The Morgan fingerprint density at radius 2 is 1.93 bits per heavy atom. The van der Waals surface area contributed by atoms with Gasteiger partial charge in [-0.05, 0) is 42.7 Å². The molecule has 0 bridgehead atoms. The number of carbonyl (C=O) groups is 2. The average molecular weight is 592 g/mol. The van der Waals surface area contributed by atoms with E-state index in [4.69, 9.17) is 32.8 Å². The first kappa shape index (κ1) is 29.5. The highest BCUT2D eigenvalue weighted by Gasteiger charge is 2.67. The summed E-state index contributed by atoms with van der Waals surface area (Å²) in [5.41, 5.74) is 2.99. The summed E-state index contributed by atoms with van der Waals surface area (Å²) >= 11 is 6.25.